The van der Waals surface area contributed by atoms with Crippen molar-refractivity contribution in [3.63, 3.8) is 0 Å². The van der Waals surface area contributed by atoms with E-state index in [0.29, 0.717) is 17.1 Å². The molecule has 9 nitrogen and oxygen atoms in total. The molecule has 26 heavy (non-hydrogen) atoms. The van der Waals surface area contributed by atoms with E-state index in [1.165, 1.54) is 36.4 Å². The van der Waals surface area contributed by atoms with Gasteiger partial charge in [0.2, 0.25) is 0 Å². The molecule has 1 aliphatic rings. The van der Waals surface area contributed by atoms with Crippen LogP contribution in [0, 0.1) is 20.2 Å². The Hall–Kier alpha value is -3.75. The summed E-state index contributed by atoms with van der Waals surface area (Å²) in [6.07, 6.45) is 1.97. The van der Waals surface area contributed by atoms with Crippen molar-refractivity contribution in [1.29, 1.82) is 0 Å². The summed E-state index contributed by atoms with van der Waals surface area (Å²) in [5.41, 5.74) is 1.61. The highest BCUT2D eigenvalue weighted by atomic mass is 16.6. The number of carbonyl (C=O) groups is 1. The minimum atomic E-state index is -0.492. The van der Waals surface area contributed by atoms with E-state index < -0.39 is 9.85 Å². The molecular weight excluding hydrogens is 340 g/mol. The minimum absolute atomic E-state index is 0.00545. The van der Waals surface area contributed by atoms with Crippen molar-refractivity contribution in [2.75, 3.05) is 10.6 Å². The van der Waals surface area contributed by atoms with Crippen molar-refractivity contribution in [1.82, 2.24) is 0 Å². The number of nitro benzene ring substituents is 2. The van der Waals surface area contributed by atoms with Crippen molar-refractivity contribution < 1.29 is 14.6 Å². The smallest absolute Gasteiger partial charge is 0.269 e. The van der Waals surface area contributed by atoms with E-state index in [1.54, 1.807) is 18.2 Å². The van der Waals surface area contributed by atoms with Crippen LogP contribution in [0.1, 0.15) is 6.42 Å². The molecule has 0 fully saturated rings. The summed E-state index contributed by atoms with van der Waals surface area (Å²) in [6, 6.07) is 11.5. The van der Waals surface area contributed by atoms with Gasteiger partial charge in [0.15, 0.2) is 5.78 Å². The van der Waals surface area contributed by atoms with Crippen LogP contribution >= 0.6 is 0 Å². The number of carbonyl (C=O) groups excluding carboxylic acids is 1. The van der Waals surface area contributed by atoms with E-state index in [0.717, 1.165) is 0 Å². The number of anilines is 2. The average Bonchev–Trinajstić information content (AvgIpc) is 2.95. The fourth-order valence-electron chi connectivity index (χ4n) is 2.58. The number of nitrogens with one attached hydrogen (secondary N) is 2. The molecule has 2 N–H and O–H groups in total. The summed E-state index contributed by atoms with van der Waals surface area (Å²) >= 11 is 0. The highest BCUT2D eigenvalue weighted by Crippen LogP contribution is 2.24. The number of benzene rings is 2. The first-order valence-electron chi connectivity index (χ1n) is 7.70. The van der Waals surface area contributed by atoms with E-state index in [2.05, 4.69) is 10.6 Å². The normalized spacial score (nSPS) is 16.1. The molecule has 0 heterocycles. The zero-order chi connectivity index (χ0) is 18.7. The number of Topliss-reactive ketones (excluding diaryl/α,β-unsaturated/α-hetero) is 1. The summed E-state index contributed by atoms with van der Waals surface area (Å²) in [6.45, 7) is 0. The predicted molar refractivity (Wildman–Crippen MR) is 94.9 cm³/mol. The second-order valence-electron chi connectivity index (χ2n) is 5.69. The third-order valence-electron chi connectivity index (χ3n) is 3.86. The fraction of sp³-hybridized carbons (Fsp3) is 0.118. The zero-order valence-corrected chi connectivity index (χ0v) is 13.4. The largest absolute Gasteiger partial charge is 0.378 e. The molecule has 2 aromatic rings. The van der Waals surface area contributed by atoms with Gasteiger partial charge in [0.05, 0.1) is 21.6 Å². The topological polar surface area (TPSA) is 127 Å². The minimum Gasteiger partial charge on any atom is -0.378 e. The molecule has 0 aliphatic heterocycles. The fourth-order valence-corrected chi connectivity index (χ4v) is 2.58. The summed E-state index contributed by atoms with van der Waals surface area (Å²) in [5.74, 6) is -0.0947. The van der Waals surface area contributed by atoms with Crippen LogP contribution in [0.5, 0.6) is 0 Å². The van der Waals surface area contributed by atoms with Gasteiger partial charge >= 0.3 is 0 Å². The molecule has 1 atom stereocenters. The van der Waals surface area contributed by atoms with Crippen molar-refractivity contribution in [3.05, 3.63) is 80.5 Å². The number of rotatable bonds is 6. The Balaban J connectivity index is 1.66. The zero-order valence-electron chi connectivity index (χ0n) is 13.4. The van der Waals surface area contributed by atoms with Crippen molar-refractivity contribution >= 4 is 28.5 Å². The molecular formula is C17H14N4O5. The van der Waals surface area contributed by atoms with Crippen molar-refractivity contribution in [2.24, 2.45) is 0 Å². The molecule has 0 radical (unpaired) electrons. The van der Waals surface area contributed by atoms with Crippen LogP contribution in [0.15, 0.2) is 60.3 Å². The number of nitrogens with zero attached hydrogens (tertiary/aromatic N) is 2. The van der Waals surface area contributed by atoms with Gasteiger partial charge < -0.3 is 10.6 Å². The first-order valence-corrected chi connectivity index (χ1v) is 7.70. The van der Waals surface area contributed by atoms with Crippen LogP contribution in [0.2, 0.25) is 0 Å². The van der Waals surface area contributed by atoms with Gasteiger partial charge in [-0.2, -0.15) is 0 Å². The van der Waals surface area contributed by atoms with Gasteiger partial charge in [-0.25, -0.2) is 0 Å². The maximum absolute atomic E-state index is 12.1. The number of allylic oxidation sites excluding steroid dienone is 1. The Labute approximate surface area is 147 Å². The van der Waals surface area contributed by atoms with Crippen LogP contribution < -0.4 is 10.6 Å². The van der Waals surface area contributed by atoms with Gasteiger partial charge in [0.1, 0.15) is 0 Å². The highest BCUT2D eigenvalue weighted by molar-refractivity contribution is 6.01. The standard InChI is InChI=1S/C17H14N4O5/c22-17-10-13(18-11-1-5-14(6-2-11)20(23)24)9-16(17)19-12-3-7-15(8-4-12)21(25)26/h1-9,13,18-19H,10H2. The Morgan fingerprint density at radius 1 is 0.846 bits per heavy atom. The van der Waals surface area contributed by atoms with Crippen molar-refractivity contribution in [3.8, 4) is 0 Å². The van der Waals surface area contributed by atoms with Crippen LogP contribution in [0.3, 0.4) is 0 Å². The van der Waals surface area contributed by atoms with E-state index in [4.69, 9.17) is 0 Å². The summed E-state index contributed by atoms with van der Waals surface area (Å²) in [4.78, 5) is 32.5. The second-order valence-corrected chi connectivity index (χ2v) is 5.69. The maximum Gasteiger partial charge on any atom is 0.269 e. The van der Waals surface area contributed by atoms with E-state index in [-0.39, 0.29) is 29.6 Å². The molecule has 0 bridgehead atoms. The summed E-state index contributed by atoms with van der Waals surface area (Å²) in [5, 5.41) is 27.4. The Kier molecular flexibility index (Phi) is 4.61. The maximum atomic E-state index is 12.1. The summed E-state index contributed by atoms with van der Waals surface area (Å²) < 4.78 is 0. The molecule has 9 heteroatoms. The third kappa shape index (κ3) is 3.83. The SMILES string of the molecule is O=C1CC(Nc2ccc([N+](=O)[O-])cc2)C=C1Nc1ccc([N+](=O)[O-])cc1. The van der Waals surface area contributed by atoms with Gasteiger partial charge in [-0.3, -0.25) is 25.0 Å². The van der Waals surface area contributed by atoms with E-state index in [9.17, 15) is 25.0 Å². The Morgan fingerprint density at radius 2 is 1.35 bits per heavy atom. The van der Waals surface area contributed by atoms with Crippen LogP contribution in [0.25, 0.3) is 0 Å². The number of nitro groups is 2. The van der Waals surface area contributed by atoms with Crippen molar-refractivity contribution in [2.45, 2.75) is 12.5 Å². The Bertz CT molecular complexity index is 890. The van der Waals surface area contributed by atoms with E-state index >= 15 is 0 Å². The third-order valence-corrected chi connectivity index (χ3v) is 3.86. The van der Waals surface area contributed by atoms with Gasteiger partial charge in [-0.1, -0.05) is 0 Å². The first kappa shape index (κ1) is 17.1. The molecule has 0 aromatic heterocycles. The van der Waals surface area contributed by atoms with Gasteiger partial charge in [0.25, 0.3) is 11.4 Å². The van der Waals surface area contributed by atoms with Crippen LogP contribution in [-0.2, 0) is 4.79 Å². The van der Waals surface area contributed by atoms with E-state index in [1.807, 2.05) is 0 Å². The van der Waals surface area contributed by atoms with Gasteiger partial charge in [-0.15, -0.1) is 0 Å². The monoisotopic (exact) mass is 354 g/mol. The lowest BCUT2D eigenvalue weighted by Crippen LogP contribution is -2.15. The molecule has 2 aromatic carbocycles. The number of ketones is 1. The average molecular weight is 354 g/mol. The lowest BCUT2D eigenvalue weighted by Gasteiger charge is -2.10. The molecule has 0 amide bonds. The highest BCUT2D eigenvalue weighted by Gasteiger charge is 2.24. The van der Waals surface area contributed by atoms with Gasteiger partial charge in [-0.05, 0) is 30.3 Å². The summed E-state index contributed by atoms with van der Waals surface area (Å²) in [7, 11) is 0. The molecule has 3 rings (SSSR count). The molecule has 0 saturated carbocycles. The quantitative estimate of drug-likeness (QED) is 0.602. The number of non-ortho nitro benzene ring substituents is 2. The molecule has 132 valence electrons. The lowest BCUT2D eigenvalue weighted by atomic mass is 10.2. The molecule has 0 saturated heterocycles. The predicted octanol–water partition coefficient (Wildman–Crippen LogP) is 3.25. The number of hydrogen-bond donors (Lipinski definition) is 2. The first-order chi connectivity index (χ1) is 12.4. The van der Waals surface area contributed by atoms with Crippen LogP contribution in [-0.4, -0.2) is 21.7 Å². The molecule has 1 unspecified atom stereocenters. The molecule has 0 spiro atoms. The van der Waals surface area contributed by atoms with Gasteiger partial charge in [0, 0.05) is 42.1 Å². The molecule has 1 aliphatic carbocycles. The number of hydrogen-bond acceptors (Lipinski definition) is 7. The second kappa shape index (κ2) is 7.01. The lowest BCUT2D eigenvalue weighted by molar-refractivity contribution is -0.385. The Morgan fingerprint density at radius 3 is 1.85 bits per heavy atom. The van der Waals surface area contributed by atoms with Crippen LogP contribution in [0.4, 0.5) is 22.7 Å².